The number of allylic oxidation sites excluding steroid dienone is 6. The van der Waals surface area contributed by atoms with Crippen molar-refractivity contribution in [3.8, 4) is 0 Å². The first-order valence-corrected chi connectivity index (χ1v) is 40.9. The predicted molar refractivity (Wildman–Crippen MR) is 405 cm³/mol. The molecule has 0 saturated heterocycles. The summed E-state index contributed by atoms with van der Waals surface area (Å²) in [4.78, 5) is 0. The highest BCUT2D eigenvalue weighted by Gasteiger charge is 2.37. The molecule has 0 N–H and O–H groups in total. The second-order valence-corrected chi connectivity index (χ2v) is 29.0. The van der Waals surface area contributed by atoms with Gasteiger partial charge < -0.3 is 5.53 Å². The van der Waals surface area contributed by atoms with Crippen LogP contribution in [0.4, 0.5) is 0 Å². The summed E-state index contributed by atoms with van der Waals surface area (Å²) in [6.07, 6.45) is 83.2. The van der Waals surface area contributed by atoms with Gasteiger partial charge in [-0.3, -0.25) is 0 Å². The van der Waals surface area contributed by atoms with Crippen molar-refractivity contribution in [1.29, 1.82) is 0 Å². The second-order valence-electron chi connectivity index (χ2n) is 29.0. The van der Waals surface area contributed by atoms with Crippen LogP contribution in [0.2, 0.25) is 0 Å². The number of unbranched alkanes of at least 4 members (excludes halogenated alkanes) is 38. The minimum Gasteiger partial charge on any atom is -0.493 e. The maximum Gasteiger partial charge on any atom is 0.211 e. The number of benzene rings is 2. The zero-order valence-corrected chi connectivity index (χ0v) is 61.8. The van der Waals surface area contributed by atoms with E-state index in [-0.39, 0.29) is 0 Å². The Morgan fingerprint density at radius 3 is 0.833 bits per heavy atom. The molecule has 0 aromatic heterocycles. The van der Waals surface area contributed by atoms with Crippen LogP contribution >= 0.6 is 0 Å². The first kappa shape index (κ1) is 81.2. The van der Waals surface area contributed by atoms with Gasteiger partial charge in [0.05, 0.1) is 0 Å². The summed E-state index contributed by atoms with van der Waals surface area (Å²) < 4.78 is 1.72. The van der Waals surface area contributed by atoms with Gasteiger partial charge in [-0.15, -0.1) is 0 Å². The Bertz CT molecular complexity index is 1990. The molecule has 2 atom stereocenters. The van der Waals surface area contributed by atoms with Crippen molar-refractivity contribution in [1.82, 2.24) is 0 Å². The zero-order chi connectivity index (χ0) is 64.6. The molecule has 0 aliphatic carbocycles. The highest BCUT2D eigenvalue weighted by atomic mass is 15.2. The van der Waals surface area contributed by atoms with E-state index in [9.17, 15) is 5.53 Å². The third-order valence-corrected chi connectivity index (χ3v) is 20.7. The molecule has 0 spiro atoms. The van der Waals surface area contributed by atoms with Crippen LogP contribution < -0.4 is 0 Å². The monoisotopic (exact) mass is 1240 g/mol. The molecule has 90 heavy (non-hydrogen) atoms. The molecule has 0 saturated carbocycles. The van der Waals surface area contributed by atoms with E-state index in [1.54, 1.807) is 15.8 Å². The second kappa shape index (κ2) is 57.4. The van der Waals surface area contributed by atoms with Crippen LogP contribution in [0.25, 0.3) is 16.9 Å². The Labute approximate surface area is 563 Å². The highest BCUT2D eigenvalue weighted by Crippen LogP contribution is 2.46. The number of rotatable bonds is 64. The van der Waals surface area contributed by atoms with E-state index in [4.69, 9.17) is 0 Å². The Kier molecular flexibility index (Phi) is 51.9. The van der Waals surface area contributed by atoms with Crippen molar-refractivity contribution in [2.24, 2.45) is 11.8 Å². The van der Waals surface area contributed by atoms with Gasteiger partial charge in [0.25, 0.3) is 0 Å². The van der Waals surface area contributed by atoms with E-state index in [1.165, 1.54) is 354 Å². The van der Waals surface area contributed by atoms with E-state index in [2.05, 4.69) is 116 Å². The Morgan fingerprint density at radius 2 is 0.544 bits per heavy atom. The maximum atomic E-state index is 13.1. The van der Waals surface area contributed by atoms with Gasteiger partial charge in [-0.1, -0.05) is 372 Å². The lowest BCUT2D eigenvalue weighted by Crippen LogP contribution is -2.09. The lowest BCUT2D eigenvalue weighted by atomic mass is 9.87. The van der Waals surface area contributed by atoms with Gasteiger partial charge in [-0.25, -0.2) is 4.70 Å². The lowest BCUT2D eigenvalue weighted by molar-refractivity contribution is -0.345. The fraction of sp³-hybridized carbons (Fsp3) is 0.773. The SMILES string of the molecule is CCCCCCCCCCCCCCCCCCCC(=CC(CCCC)CCc1ccccc1C1=C(CCCC)C(CCCC)=C(c2ccccc2CCC(C=C(CCCC)CCCCCCCCCCCCCCCCCCC)CCCC)[N+]1=[N-])CCCC. The molecule has 1 heterocycles. The van der Waals surface area contributed by atoms with Crippen molar-refractivity contribution in [3.05, 3.63) is 111 Å². The van der Waals surface area contributed by atoms with Gasteiger partial charge in [0, 0.05) is 22.3 Å². The Hall–Kier alpha value is -3.00. The van der Waals surface area contributed by atoms with Gasteiger partial charge in [-0.05, 0) is 151 Å². The summed E-state index contributed by atoms with van der Waals surface area (Å²) in [6, 6.07) is 18.5. The largest absolute Gasteiger partial charge is 0.493 e. The molecular formula is C88H152N2. The van der Waals surface area contributed by atoms with Crippen LogP contribution in [-0.2, 0) is 12.8 Å². The zero-order valence-electron chi connectivity index (χ0n) is 61.8. The van der Waals surface area contributed by atoms with Crippen molar-refractivity contribution < 1.29 is 4.70 Å². The Balaban J connectivity index is 1.72. The molecular weight excluding hydrogens is 1080 g/mol. The summed E-state index contributed by atoms with van der Waals surface area (Å²) >= 11 is 0. The standard InChI is InChI=1S/C88H152N2/c1-9-17-25-27-29-31-33-35-37-39-41-43-45-47-49-51-53-63-77(59-19-11-3)75-79(61-21-13-5)71-73-81-65-55-57-69-83(81)87-85(67-23-15-7)86(68-24-16-8)88(90(87)89)84-70-58-56-66-82(84)74-72-80(62-22-14-6)76-78(60-20-12-4)64-54-52-50-48-46-44-42-40-38-36-34-32-30-28-26-18-10-2/h55-58,65-66,69-70,75-76,79-80H,9-54,59-64,67-68,71-74H2,1-8H3. The van der Waals surface area contributed by atoms with Gasteiger partial charge in [0.1, 0.15) is 0 Å². The van der Waals surface area contributed by atoms with Gasteiger partial charge in [0.15, 0.2) is 0 Å². The minimum absolute atomic E-state index is 0.598. The van der Waals surface area contributed by atoms with Crippen molar-refractivity contribution in [3.63, 3.8) is 0 Å². The van der Waals surface area contributed by atoms with E-state index < -0.39 is 0 Å². The lowest BCUT2D eigenvalue weighted by Gasteiger charge is -2.19. The van der Waals surface area contributed by atoms with E-state index in [1.807, 2.05) is 0 Å². The molecule has 2 heteroatoms. The van der Waals surface area contributed by atoms with E-state index >= 15 is 0 Å². The van der Waals surface area contributed by atoms with Crippen LogP contribution in [0.3, 0.4) is 0 Å². The summed E-state index contributed by atoms with van der Waals surface area (Å²) in [5.74, 6) is 1.20. The average Bonchev–Trinajstić information content (AvgIpc) is 1.71. The van der Waals surface area contributed by atoms with Crippen LogP contribution in [-0.4, -0.2) is 4.70 Å². The predicted octanol–water partition coefficient (Wildman–Crippen LogP) is 31.0. The van der Waals surface area contributed by atoms with Crippen molar-refractivity contribution in [2.75, 3.05) is 0 Å². The number of hydrogen-bond donors (Lipinski definition) is 0. The molecule has 514 valence electrons. The number of hydrogen-bond acceptors (Lipinski definition) is 0. The van der Waals surface area contributed by atoms with Crippen LogP contribution in [0.5, 0.6) is 0 Å². The van der Waals surface area contributed by atoms with E-state index in [0.717, 1.165) is 62.8 Å². The van der Waals surface area contributed by atoms with Crippen LogP contribution in [0, 0.1) is 11.8 Å². The molecule has 0 bridgehead atoms. The first-order valence-electron chi connectivity index (χ1n) is 40.9. The molecule has 2 aromatic carbocycles. The van der Waals surface area contributed by atoms with Crippen LogP contribution in [0.15, 0.2) is 83.0 Å². The molecule has 2 unspecified atom stereocenters. The highest BCUT2D eigenvalue weighted by molar-refractivity contribution is 5.83. The average molecular weight is 1240 g/mol. The number of nitrogens with zero attached hydrogens (tertiary/aromatic N) is 2. The summed E-state index contributed by atoms with van der Waals surface area (Å²) in [5.41, 5.74) is 26.9. The van der Waals surface area contributed by atoms with Gasteiger partial charge in [0.2, 0.25) is 11.4 Å². The quantitative estimate of drug-likeness (QED) is 0.0358. The van der Waals surface area contributed by atoms with Crippen LogP contribution in [0.1, 0.15) is 437 Å². The van der Waals surface area contributed by atoms with Gasteiger partial charge in [-0.2, -0.15) is 0 Å². The minimum atomic E-state index is 0.598. The number of aryl methyl sites for hydroxylation is 2. The summed E-state index contributed by atoms with van der Waals surface area (Å²) in [6.45, 7) is 18.8. The molecule has 2 aromatic rings. The fourth-order valence-electron chi connectivity index (χ4n) is 14.8. The normalized spacial score (nSPS) is 13.9. The molecule has 3 rings (SSSR count). The smallest absolute Gasteiger partial charge is 0.211 e. The molecule has 2 nitrogen and oxygen atoms in total. The van der Waals surface area contributed by atoms with Crippen molar-refractivity contribution in [2.45, 2.75) is 428 Å². The molecule has 1 aliphatic rings. The molecule has 0 fully saturated rings. The topological polar surface area (TPSA) is 25.3 Å². The third-order valence-electron chi connectivity index (χ3n) is 20.7. The first-order chi connectivity index (χ1) is 44.4. The van der Waals surface area contributed by atoms with E-state index in [0.29, 0.717) is 11.8 Å². The summed E-state index contributed by atoms with van der Waals surface area (Å²) in [5, 5.41) is 0. The van der Waals surface area contributed by atoms with Gasteiger partial charge >= 0.3 is 0 Å². The molecule has 0 radical (unpaired) electrons. The Morgan fingerprint density at radius 1 is 0.289 bits per heavy atom. The maximum absolute atomic E-state index is 13.1. The summed E-state index contributed by atoms with van der Waals surface area (Å²) in [7, 11) is 0. The molecule has 0 amide bonds. The fourth-order valence-corrected chi connectivity index (χ4v) is 14.8. The third kappa shape index (κ3) is 37.2. The molecule has 1 aliphatic heterocycles. The van der Waals surface area contributed by atoms with Crippen molar-refractivity contribution >= 4 is 11.4 Å².